The van der Waals surface area contributed by atoms with E-state index < -0.39 is 52.4 Å². The number of hydrogen-bond acceptors (Lipinski definition) is 6. The van der Waals surface area contributed by atoms with E-state index in [-0.39, 0.29) is 17.1 Å². The minimum Gasteiger partial charge on any atom is -0.456 e. The van der Waals surface area contributed by atoms with Gasteiger partial charge in [0.05, 0.1) is 12.2 Å². The molecule has 0 aliphatic rings. The van der Waals surface area contributed by atoms with Gasteiger partial charge < -0.3 is 23.8 Å². The molecule has 6 nitrogen and oxygen atoms in total. The Balaban J connectivity index is 2.48. The third-order valence-corrected chi connectivity index (χ3v) is 20.7. The molecule has 2 rings (SSSR count). The summed E-state index contributed by atoms with van der Waals surface area (Å²) in [4.78, 5) is 14.4. The fraction of sp³-hybridized carbons (Fsp3) is 0.634. The Morgan fingerprint density at radius 1 is 0.755 bits per heavy atom. The van der Waals surface area contributed by atoms with Gasteiger partial charge in [0.2, 0.25) is 0 Å². The minimum atomic E-state index is -2.45. The van der Waals surface area contributed by atoms with E-state index in [1.165, 1.54) is 0 Å². The van der Waals surface area contributed by atoms with Crippen molar-refractivity contribution in [2.45, 2.75) is 162 Å². The van der Waals surface area contributed by atoms with Gasteiger partial charge in [0, 0.05) is 11.3 Å². The summed E-state index contributed by atoms with van der Waals surface area (Å²) in [6.07, 6.45) is -3.25. The van der Waals surface area contributed by atoms with Crippen LogP contribution in [0.2, 0.25) is 36.3 Å². The molecule has 0 fully saturated rings. The first-order valence-corrected chi connectivity index (χ1v) is 23.9. The van der Waals surface area contributed by atoms with E-state index >= 15 is 0 Å². The molecule has 8 heteroatoms. The van der Waals surface area contributed by atoms with Crippen molar-refractivity contribution in [3.05, 3.63) is 82.9 Å². The SMILES string of the molecule is CC[C@H](O[Si](CC)(CC)CC)C(C)(C)[C@@H](O)[C@@H](O)/C(C)=C(\C)C(C)OC(=O)[C@H](O[Si](C)(C)C(C)(C)C)C(c1ccccc1)c1ccccc1. The van der Waals surface area contributed by atoms with Crippen molar-refractivity contribution in [2.24, 2.45) is 5.41 Å². The van der Waals surface area contributed by atoms with Gasteiger partial charge in [-0.1, -0.05) is 123 Å². The number of carbonyl (C=O) groups is 1. The Bertz CT molecular complexity index is 1280. The molecule has 0 amide bonds. The monoisotopic (exact) mass is 712 g/mol. The lowest BCUT2D eigenvalue weighted by atomic mass is 9.75. The Hall–Kier alpha value is -2.08. The largest absolute Gasteiger partial charge is 0.456 e. The van der Waals surface area contributed by atoms with Crippen LogP contribution in [0.15, 0.2) is 71.8 Å². The summed E-state index contributed by atoms with van der Waals surface area (Å²) in [5.74, 6) is -0.831. The number of esters is 1. The molecule has 0 spiro atoms. The van der Waals surface area contributed by atoms with Gasteiger partial charge in [0.15, 0.2) is 22.7 Å². The molecule has 5 atom stereocenters. The van der Waals surface area contributed by atoms with Gasteiger partial charge in [-0.2, -0.15) is 0 Å². The zero-order valence-electron chi connectivity index (χ0n) is 33.1. The fourth-order valence-corrected chi connectivity index (χ4v) is 10.7. The van der Waals surface area contributed by atoms with E-state index in [0.717, 1.165) is 35.7 Å². The molecule has 2 aromatic carbocycles. The Morgan fingerprint density at radius 3 is 1.59 bits per heavy atom. The summed E-state index contributed by atoms with van der Waals surface area (Å²) in [5.41, 5.74) is 2.52. The molecule has 49 heavy (non-hydrogen) atoms. The lowest BCUT2D eigenvalue weighted by molar-refractivity contribution is -0.156. The Kier molecular flexibility index (Phi) is 15.8. The average Bonchev–Trinajstić information content (AvgIpc) is 3.07. The molecular weight excluding hydrogens is 645 g/mol. The second-order valence-corrected chi connectivity index (χ2v) is 25.5. The lowest BCUT2D eigenvalue weighted by Gasteiger charge is -2.44. The highest BCUT2D eigenvalue weighted by molar-refractivity contribution is 6.74. The van der Waals surface area contributed by atoms with Gasteiger partial charge in [0.1, 0.15) is 12.2 Å². The second-order valence-electron chi connectivity index (χ2n) is 16.0. The number of aliphatic hydroxyl groups is 2. The summed E-state index contributed by atoms with van der Waals surface area (Å²) in [5, 5.41) is 23.2. The summed E-state index contributed by atoms with van der Waals surface area (Å²) < 4.78 is 20.1. The van der Waals surface area contributed by atoms with Crippen molar-refractivity contribution in [3.63, 3.8) is 0 Å². The maximum Gasteiger partial charge on any atom is 0.335 e. The predicted molar refractivity (Wildman–Crippen MR) is 209 cm³/mol. The summed E-state index contributed by atoms with van der Waals surface area (Å²) in [6, 6.07) is 23.1. The summed E-state index contributed by atoms with van der Waals surface area (Å²) in [6.45, 7) is 29.0. The van der Waals surface area contributed by atoms with Crippen molar-refractivity contribution >= 4 is 22.6 Å². The molecule has 1 unspecified atom stereocenters. The van der Waals surface area contributed by atoms with Gasteiger partial charge in [-0.15, -0.1) is 0 Å². The fourth-order valence-electron chi connectivity index (χ4n) is 6.39. The van der Waals surface area contributed by atoms with E-state index in [1.54, 1.807) is 0 Å². The normalized spacial score (nSPS) is 16.8. The molecule has 0 heterocycles. The maximum atomic E-state index is 14.4. The van der Waals surface area contributed by atoms with E-state index in [1.807, 2.05) is 95.3 Å². The number of benzene rings is 2. The van der Waals surface area contributed by atoms with Crippen LogP contribution in [0.25, 0.3) is 0 Å². The highest BCUT2D eigenvalue weighted by atomic mass is 28.4. The van der Waals surface area contributed by atoms with Crippen molar-refractivity contribution in [1.82, 2.24) is 0 Å². The number of aliphatic hydroxyl groups excluding tert-OH is 2. The van der Waals surface area contributed by atoms with Crippen LogP contribution in [0.4, 0.5) is 0 Å². The van der Waals surface area contributed by atoms with E-state index in [2.05, 4.69) is 61.6 Å². The molecule has 276 valence electrons. The minimum absolute atomic E-state index is 0.137. The summed E-state index contributed by atoms with van der Waals surface area (Å²) >= 11 is 0. The molecule has 2 aromatic rings. The third-order valence-electron chi connectivity index (χ3n) is 11.6. The van der Waals surface area contributed by atoms with Gasteiger partial charge in [0.25, 0.3) is 0 Å². The predicted octanol–water partition coefficient (Wildman–Crippen LogP) is 10.0. The number of hydrogen-bond donors (Lipinski definition) is 2. The van der Waals surface area contributed by atoms with Crippen LogP contribution in [-0.2, 0) is 18.4 Å². The average molecular weight is 713 g/mol. The molecule has 0 aliphatic heterocycles. The van der Waals surface area contributed by atoms with Crippen LogP contribution in [0.1, 0.15) is 107 Å². The number of rotatable bonds is 18. The highest BCUT2D eigenvalue weighted by Gasteiger charge is 2.46. The lowest BCUT2D eigenvalue weighted by Crippen LogP contribution is -2.52. The van der Waals surface area contributed by atoms with Crippen molar-refractivity contribution in [3.8, 4) is 0 Å². The first kappa shape index (κ1) is 43.1. The van der Waals surface area contributed by atoms with Gasteiger partial charge in [-0.05, 0) is 85.7 Å². The number of ether oxygens (including phenoxy) is 1. The second kappa shape index (κ2) is 17.9. The molecular formula is C41H68O6Si2. The molecule has 0 radical (unpaired) electrons. The molecule has 0 aliphatic carbocycles. The van der Waals surface area contributed by atoms with Crippen LogP contribution in [0, 0.1) is 5.41 Å². The van der Waals surface area contributed by atoms with Gasteiger partial charge in [-0.25, -0.2) is 4.79 Å². The first-order chi connectivity index (χ1) is 22.7. The standard InChI is InChI=1S/C41H68O6Si2/c1-15-34(46-49(16-2,17-3)18-4)41(11,12)38(43)36(42)30(6)29(5)31(7)45-39(44)37(47-48(13,14)40(8,9)10)35(32-25-21-19-22-26-32)33-27-23-20-24-28-33/h19-28,31,34-38,42-43H,15-18H2,1-14H3/b30-29+/t31?,34-,36-,37+,38-/m0/s1. The molecule has 0 aromatic heterocycles. The van der Waals surface area contributed by atoms with Gasteiger partial charge >= 0.3 is 5.97 Å². The van der Waals surface area contributed by atoms with E-state index in [4.69, 9.17) is 13.6 Å². The Morgan fingerprint density at radius 2 is 1.20 bits per heavy atom. The smallest absolute Gasteiger partial charge is 0.335 e. The first-order valence-electron chi connectivity index (χ1n) is 18.4. The van der Waals surface area contributed by atoms with Crippen molar-refractivity contribution in [1.29, 1.82) is 0 Å². The molecule has 0 bridgehead atoms. The molecule has 0 saturated heterocycles. The summed E-state index contributed by atoms with van der Waals surface area (Å²) in [7, 11) is -4.40. The van der Waals surface area contributed by atoms with Crippen molar-refractivity contribution < 1.29 is 28.6 Å². The van der Waals surface area contributed by atoms with E-state index in [9.17, 15) is 15.0 Å². The van der Waals surface area contributed by atoms with Crippen LogP contribution < -0.4 is 0 Å². The quantitative estimate of drug-likeness (QED) is 0.0909. The molecule has 2 N–H and O–H groups in total. The van der Waals surface area contributed by atoms with E-state index in [0.29, 0.717) is 11.1 Å². The Labute approximate surface area is 300 Å². The zero-order valence-corrected chi connectivity index (χ0v) is 35.1. The topological polar surface area (TPSA) is 85.2 Å². The third kappa shape index (κ3) is 10.5. The van der Waals surface area contributed by atoms with Gasteiger partial charge in [-0.3, -0.25) is 0 Å². The number of carbonyl (C=O) groups excluding carboxylic acids is 1. The molecule has 0 saturated carbocycles. The van der Waals surface area contributed by atoms with Crippen LogP contribution in [-0.4, -0.2) is 63.3 Å². The van der Waals surface area contributed by atoms with Crippen LogP contribution >= 0.6 is 0 Å². The van der Waals surface area contributed by atoms with Crippen LogP contribution in [0.3, 0.4) is 0 Å². The maximum absolute atomic E-state index is 14.4. The zero-order chi connectivity index (χ0) is 37.4. The highest BCUT2D eigenvalue weighted by Crippen LogP contribution is 2.42. The van der Waals surface area contributed by atoms with Crippen molar-refractivity contribution in [2.75, 3.05) is 0 Å². The van der Waals surface area contributed by atoms with Crippen LogP contribution in [0.5, 0.6) is 0 Å².